The number of hydrogen-bond donors (Lipinski definition) is 3. The molecule has 0 aromatic carbocycles. The van der Waals surface area contributed by atoms with Crippen LogP contribution >= 0.6 is 0 Å². The normalized spacial score (nSPS) is 13.3. The molecule has 5 heteroatoms. The molecule has 0 heterocycles. The summed E-state index contributed by atoms with van der Waals surface area (Å²) in [4.78, 5) is 11.4. The van der Waals surface area contributed by atoms with Gasteiger partial charge in [-0.05, 0) is 33.7 Å². The van der Waals surface area contributed by atoms with E-state index in [1.54, 1.807) is 0 Å². The van der Waals surface area contributed by atoms with Crippen molar-refractivity contribution < 1.29 is 9.53 Å². The number of carbonyl (C=O) groups excluding carboxylic acids is 1. The first-order valence-corrected chi connectivity index (χ1v) is 5.79. The minimum Gasteiger partial charge on any atom is -0.444 e. The Morgan fingerprint density at radius 2 is 2.06 bits per heavy atom. The van der Waals surface area contributed by atoms with Crippen LogP contribution in [-0.4, -0.2) is 37.4 Å². The second-order valence-corrected chi connectivity index (χ2v) is 4.77. The van der Waals surface area contributed by atoms with Gasteiger partial charge in [-0.3, -0.25) is 0 Å². The Balaban J connectivity index is 3.79. The summed E-state index contributed by atoms with van der Waals surface area (Å²) in [6.45, 7) is 9.48. The maximum absolute atomic E-state index is 11.4. The highest BCUT2D eigenvalue weighted by molar-refractivity contribution is 5.67. The third-order valence-electron chi connectivity index (χ3n) is 1.86. The molecule has 0 rings (SSSR count). The number of carbonyl (C=O) groups is 1. The molecule has 1 amide bonds. The maximum Gasteiger partial charge on any atom is 0.407 e. The number of nitrogens with one attached hydrogen (secondary N) is 2. The van der Waals surface area contributed by atoms with Crippen molar-refractivity contribution >= 4 is 6.09 Å². The lowest BCUT2D eigenvalue weighted by Crippen LogP contribution is -2.46. The van der Waals surface area contributed by atoms with E-state index < -0.39 is 11.7 Å². The van der Waals surface area contributed by atoms with Crippen molar-refractivity contribution in [3.8, 4) is 0 Å². The van der Waals surface area contributed by atoms with Crippen LogP contribution in [0.4, 0.5) is 4.79 Å². The van der Waals surface area contributed by atoms with E-state index in [-0.39, 0.29) is 6.04 Å². The molecule has 1 atom stereocenters. The Bertz CT molecular complexity index is 202. The largest absolute Gasteiger partial charge is 0.444 e. The molecule has 0 spiro atoms. The number of ether oxygens (including phenoxy) is 1. The van der Waals surface area contributed by atoms with Gasteiger partial charge >= 0.3 is 6.09 Å². The molecule has 96 valence electrons. The van der Waals surface area contributed by atoms with E-state index >= 15 is 0 Å². The fourth-order valence-electron chi connectivity index (χ4n) is 1.11. The van der Waals surface area contributed by atoms with Crippen molar-refractivity contribution in [1.82, 2.24) is 10.6 Å². The van der Waals surface area contributed by atoms with Crippen molar-refractivity contribution in [2.24, 2.45) is 5.73 Å². The molecule has 16 heavy (non-hydrogen) atoms. The number of alkyl carbamates (subject to hydrolysis) is 1. The third-order valence-corrected chi connectivity index (χ3v) is 1.86. The van der Waals surface area contributed by atoms with E-state index in [0.717, 1.165) is 13.0 Å². The first kappa shape index (κ1) is 15.2. The third kappa shape index (κ3) is 8.49. The van der Waals surface area contributed by atoms with Crippen LogP contribution in [0, 0.1) is 0 Å². The molecule has 1 unspecified atom stereocenters. The lowest BCUT2D eigenvalue weighted by molar-refractivity contribution is 0.0523. The molecule has 0 aliphatic rings. The molecule has 0 fully saturated rings. The quantitative estimate of drug-likeness (QED) is 0.633. The van der Waals surface area contributed by atoms with Gasteiger partial charge in [0.1, 0.15) is 5.60 Å². The molecule has 0 aliphatic carbocycles. The molecule has 4 N–H and O–H groups in total. The molecular weight excluding hydrogens is 206 g/mol. The van der Waals surface area contributed by atoms with Gasteiger partial charge in [-0.2, -0.15) is 0 Å². The number of rotatable bonds is 6. The number of amides is 1. The van der Waals surface area contributed by atoms with Gasteiger partial charge in [0.05, 0.1) is 0 Å². The standard InChI is InChI=1S/C11H25N3O2/c1-5-6-13-9(7-12)8-14-10(15)16-11(2,3)4/h9,13H,5-8,12H2,1-4H3,(H,14,15). The van der Waals surface area contributed by atoms with E-state index in [0.29, 0.717) is 13.1 Å². The average Bonchev–Trinajstić information content (AvgIpc) is 2.15. The summed E-state index contributed by atoms with van der Waals surface area (Å²) in [6.07, 6.45) is 0.646. The van der Waals surface area contributed by atoms with Crippen LogP contribution in [0.2, 0.25) is 0 Å². The van der Waals surface area contributed by atoms with Gasteiger partial charge in [-0.1, -0.05) is 6.92 Å². The Morgan fingerprint density at radius 3 is 2.50 bits per heavy atom. The highest BCUT2D eigenvalue weighted by atomic mass is 16.6. The van der Waals surface area contributed by atoms with Gasteiger partial charge in [0, 0.05) is 19.1 Å². The molecule has 0 saturated heterocycles. The average molecular weight is 231 g/mol. The zero-order chi connectivity index (χ0) is 12.6. The molecule has 0 aromatic rings. The highest BCUT2D eigenvalue weighted by Crippen LogP contribution is 2.06. The summed E-state index contributed by atoms with van der Waals surface area (Å²) < 4.78 is 5.12. The summed E-state index contributed by atoms with van der Waals surface area (Å²) in [6, 6.07) is 0.104. The molecule has 0 bridgehead atoms. The lowest BCUT2D eigenvalue weighted by atomic mass is 10.2. The van der Waals surface area contributed by atoms with Crippen LogP contribution in [-0.2, 0) is 4.74 Å². The van der Waals surface area contributed by atoms with Crippen LogP contribution in [0.3, 0.4) is 0 Å². The number of hydrogen-bond acceptors (Lipinski definition) is 4. The number of nitrogens with two attached hydrogens (primary N) is 1. The van der Waals surface area contributed by atoms with Gasteiger partial charge < -0.3 is 21.1 Å². The molecule has 0 radical (unpaired) electrons. The topological polar surface area (TPSA) is 76.4 Å². The van der Waals surface area contributed by atoms with Gasteiger partial charge in [-0.15, -0.1) is 0 Å². The Kier molecular flexibility index (Phi) is 7.08. The van der Waals surface area contributed by atoms with E-state index in [4.69, 9.17) is 10.5 Å². The highest BCUT2D eigenvalue weighted by Gasteiger charge is 2.16. The Morgan fingerprint density at radius 1 is 1.44 bits per heavy atom. The zero-order valence-corrected chi connectivity index (χ0v) is 10.8. The minimum absolute atomic E-state index is 0.104. The van der Waals surface area contributed by atoms with E-state index in [1.165, 1.54) is 0 Å². The Hall–Kier alpha value is -0.810. The summed E-state index contributed by atoms with van der Waals surface area (Å²) in [5, 5.41) is 5.94. The first-order valence-electron chi connectivity index (χ1n) is 5.79. The van der Waals surface area contributed by atoms with Crippen LogP contribution in [0.25, 0.3) is 0 Å². The molecule has 5 nitrogen and oxygen atoms in total. The van der Waals surface area contributed by atoms with Crippen LogP contribution in [0.5, 0.6) is 0 Å². The van der Waals surface area contributed by atoms with Gasteiger partial charge in [0.15, 0.2) is 0 Å². The fourth-order valence-corrected chi connectivity index (χ4v) is 1.11. The van der Waals surface area contributed by atoms with Gasteiger partial charge in [-0.25, -0.2) is 4.79 Å². The SMILES string of the molecule is CCCNC(CN)CNC(=O)OC(C)(C)C. The molecular formula is C11H25N3O2. The van der Waals surface area contributed by atoms with Crippen molar-refractivity contribution in [3.05, 3.63) is 0 Å². The fraction of sp³-hybridized carbons (Fsp3) is 0.909. The summed E-state index contributed by atoms with van der Waals surface area (Å²) in [5.74, 6) is 0. The van der Waals surface area contributed by atoms with Crippen molar-refractivity contribution in [1.29, 1.82) is 0 Å². The predicted octanol–water partition coefficient (Wildman–Crippen LogP) is 0.838. The van der Waals surface area contributed by atoms with E-state index in [9.17, 15) is 4.79 Å². The van der Waals surface area contributed by atoms with Crippen LogP contribution in [0.1, 0.15) is 34.1 Å². The molecule has 0 saturated carbocycles. The second kappa shape index (κ2) is 7.46. The predicted molar refractivity (Wildman–Crippen MR) is 65.4 cm³/mol. The van der Waals surface area contributed by atoms with Crippen molar-refractivity contribution in [3.63, 3.8) is 0 Å². The van der Waals surface area contributed by atoms with Crippen molar-refractivity contribution in [2.45, 2.75) is 45.8 Å². The minimum atomic E-state index is -0.459. The maximum atomic E-state index is 11.4. The van der Waals surface area contributed by atoms with Gasteiger partial charge in [0.25, 0.3) is 0 Å². The van der Waals surface area contributed by atoms with Gasteiger partial charge in [0.2, 0.25) is 0 Å². The summed E-state index contributed by atoms with van der Waals surface area (Å²) >= 11 is 0. The smallest absolute Gasteiger partial charge is 0.407 e. The summed E-state index contributed by atoms with van der Waals surface area (Å²) in [5.41, 5.74) is 5.11. The zero-order valence-electron chi connectivity index (χ0n) is 10.8. The molecule has 0 aromatic heterocycles. The first-order chi connectivity index (χ1) is 7.39. The van der Waals surface area contributed by atoms with Crippen LogP contribution in [0.15, 0.2) is 0 Å². The molecule has 0 aliphatic heterocycles. The second-order valence-electron chi connectivity index (χ2n) is 4.77. The lowest BCUT2D eigenvalue weighted by Gasteiger charge is -2.21. The van der Waals surface area contributed by atoms with E-state index in [2.05, 4.69) is 17.6 Å². The van der Waals surface area contributed by atoms with E-state index in [1.807, 2.05) is 20.8 Å². The van der Waals surface area contributed by atoms with Crippen LogP contribution < -0.4 is 16.4 Å². The Labute approximate surface area is 98.1 Å². The summed E-state index contributed by atoms with van der Waals surface area (Å²) in [7, 11) is 0. The van der Waals surface area contributed by atoms with Crippen molar-refractivity contribution in [2.75, 3.05) is 19.6 Å². The monoisotopic (exact) mass is 231 g/mol.